The molecule has 1 aliphatic rings. The second-order valence-corrected chi connectivity index (χ2v) is 9.32. The number of ether oxygens (including phenoxy) is 2. The largest absolute Gasteiger partial charge is 0.394 e. The van der Waals surface area contributed by atoms with Gasteiger partial charge in [0.25, 0.3) is 10.0 Å². The average Bonchev–Trinajstić information content (AvgIpc) is 3.16. The van der Waals surface area contributed by atoms with E-state index in [-0.39, 0.29) is 24.5 Å². The molecule has 1 aromatic heterocycles. The summed E-state index contributed by atoms with van der Waals surface area (Å²) in [5.74, 6) is 0. The fourth-order valence-corrected chi connectivity index (χ4v) is 5.19. The Kier molecular flexibility index (Phi) is 6.42. The lowest BCUT2D eigenvalue weighted by molar-refractivity contribution is -0.270. The molecule has 0 aliphatic carbocycles. The van der Waals surface area contributed by atoms with Crippen molar-refractivity contribution in [2.75, 3.05) is 13.2 Å². The van der Waals surface area contributed by atoms with Crippen molar-refractivity contribution in [2.45, 2.75) is 42.3 Å². The van der Waals surface area contributed by atoms with Gasteiger partial charge in [0.2, 0.25) is 0 Å². The third-order valence-corrected chi connectivity index (χ3v) is 7.11. The molecular weight excluding hydrogens is 422 g/mol. The number of rotatable bonds is 7. The van der Waals surface area contributed by atoms with Crippen molar-refractivity contribution in [1.82, 2.24) is 3.97 Å². The fourth-order valence-electron chi connectivity index (χ4n) is 3.78. The number of aliphatic hydroxyl groups is 3. The van der Waals surface area contributed by atoms with Crippen molar-refractivity contribution in [3.8, 4) is 0 Å². The number of fused-ring (bicyclic) bond motifs is 1. The van der Waals surface area contributed by atoms with Crippen molar-refractivity contribution in [3.05, 3.63) is 66.4 Å². The van der Waals surface area contributed by atoms with E-state index in [4.69, 9.17) is 9.47 Å². The molecule has 1 saturated heterocycles. The first kappa shape index (κ1) is 21.9. The Morgan fingerprint density at radius 1 is 1.06 bits per heavy atom. The second-order valence-electron chi connectivity index (χ2n) is 7.51. The summed E-state index contributed by atoms with van der Waals surface area (Å²) in [5, 5.41) is 30.1. The molecule has 1 fully saturated rings. The van der Waals surface area contributed by atoms with E-state index in [0.29, 0.717) is 11.9 Å². The molecule has 4 atom stereocenters. The zero-order valence-corrected chi connectivity index (χ0v) is 17.6. The number of para-hydroxylation sites is 1. The van der Waals surface area contributed by atoms with Gasteiger partial charge in [-0.1, -0.05) is 36.4 Å². The zero-order valence-electron chi connectivity index (χ0n) is 16.7. The maximum Gasteiger partial charge on any atom is 0.268 e. The second kappa shape index (κ2) is 9.07. The maximum atomic E-state index is 13.2. The minimum Gasteiger partial charge on any atom is -0.394 e. The number of hydrogen-bond acceptors (Lipinski definition) is 7. The minimum absolute atomic E-state index is 0.127. The Labute approximate surface area is 180 Å². The van der Waals surface area contributed by atoms with Gasteiger partial charge in [0, 0.05) is 18.0 Å². The van der Waals surface area contributed by atoms with Gasteiger partial charge in [-0.15, -0.1) is 0 Å². The minimum atomic E-state index is -3.77. The Bertz CT molecular complexity index is 1130. The standard InChI is InChI=1S/C22H25NO7S/c24-14-16-12-20(25)21(26)22(30-16)29-11-10-15-13-23(19-9-5-4-8-18(15)19)31(27,28)17-6-2-1-3-7-17/h1-9,13,16,20-22,24-26H,10-12,14H2/t16-,20-,21+,22+/m0/s1. The molecular formula is C22H25NO7S. The summed E-state index contributed by atoms with van der Waals surface area (Å²) in [7, 11) is -3.77. The fraction of sp³-hybridized carbons (Fsp3) is 0.364. The Balaban J connectivity index is 1.56. The molecule has 0 bridgehead atoms. The van der Waals surface area contributed by atoms with Gasteiger partial charge in [-0.3, -0.25) is 0 Å². The quantitative estimate of drug-likeness (QED) is 0.499. The molecule has 3 N–H and O–H groups in total. The van der Waals surface area contributed by atoms with Gasteiger partial charge in [0.05, 0.1) is 35.8 Å². The molecule has 0 spiro atoms. The Morgan fingerprint density at radius 3 is 2.52 bits per heavy atom. The number of aliphatic hydroxyl groups excluding tert-OH is 3. The van der Waals surface area contributed by atoms with Crippen LogP contribution in [0.1, 0.15) is 12.0 Å². The number of aromatic nitrogens is 1. The summed E-state index contributed by atoms with van der Waals surface area (Å²) < 4.78 is 38.7. The molecule has 8 nitrogen and oxygen atoms in total. The van der Waals surface area contributed by atoms with E-state index in [0.717, 1.165) is 10.9 Å². The first-order valence-electron chi connectivity index (χ1n) is 10.1. The van der Waals surface area contributed by atoms with E-state index < -0.39 is 34.6 Å². The van der Waals surface area contributed by atoms with Crippen LogP contribution in [0.25, 0.3) is 10.9 Å². The third-order valence-electron chi connectivity index (χ3n) is 5.42. The van der Waals surface area contributed by atoms with E-state index in [9.17, 15) is 23.7 Å². The highest BCUT2D eigenvalue weighted by Gasteiger charge is 2.37. The van der Waals surface area contributed by atoms with Crippen molar-refractivity contribution >= 4 is 20.9 Å². The highest BCUT2D eigenvalue weighted by atomic mass is 32.2. The number of nitrogens with zero attached hydrogens (tertiary/aromatic N) is 1. The van der Waals surface area contributed by atoms with Gasteiger partial charge in [-0.2, -0.15) is 0 Å². The molecule has 166 valence electrons. The molecule has 31 heavy (non-hydrogen) atoms. The van der Waals surface area contributed by atoms with Crippen LogP contribution >= 0.6 is 0 Å². The van der Waals surface area contributed by atoms with E-state index in [2.05, 4.69) is 0 Å². The Hall–Kier alpha value is -2.27. The molecule has 0 saturated carbocycles. The van der Waals surface area contributed by atoms with Crippen molar-refractivity contribution in [2.24, 2.45) is 0 Å². The van der Waals surface area contributed by atoms with Gasteiger partial charge in [-0.25, -0.2) is 12.4 Å². The summed E-state index contributed by atoms with van der Waals surface area (Å²) in [6, 6.07) is 15.4. The highest BCUT2D eigenvalue weighted by Crippen LogP contribution is 2.27. The predicted molar refractivity (Wildman–Crippen MR) is 113 cm³/mol. The predicted octanol–water partition coefficient (Wildman–Crippen LogP) is 1.27. The monoisotopic (exact) mass is 447 g/mol. The van der Waals surface area contributed by atoms with Crippen molar-refractivity contribution in [3.63, 3.8) is 0 Å². The van der Waals surface area contributed by atoms with E-state index >= 15 is 0 Å². The summed E-state index contributed by atoms with van der Waals surface area (Å²) >= 11 is 0. The van der Waals surface area contributed by atoms with Crippen LogP contribution in [0.4, 0.5) is 0 Å². The van der Waals surface area contributed by atoms with Crippen LogP contribution in [-0.4, -0.2) is 65.5 Å². The molecule has 4 rings (SSSR count). The van der Waals surface area contributed by atoms with Crippen LogP contribution < -0.4 is 0 Å². The van der Waals surface area contributed by atoms with E-state index in [1.54, 1.807) is 48.7 Å². The molecule has 3 aromatic rings. The lowest BCUT2D eigenvalue weighted by atomic mass is 10.0. The van der Waals surface area contributed by atoms with Gasteiger partial charge in [0.15, 0.2) is 6.29 Å². The van der Waals surface area contributed by atoms with Crippen LogP contribution in [0, 0.1) is 0 Å². The summed E-state index contributed by atoms with van der Waals surface area (Å²) in [5.41, 5.74) is 1.32. The van der Waals surface area contributed by atoms with Crippen LogP contribution in [0.2, 0.25) is 0 Å². The van der Waals surface area contributed by atoms with Gasteiger partial charge < -0.3 is 24.8 Å². The van der Waals surface area contributed by atoms with Crippen LogP contribution in [0.15, 0.2) is 65.7 Å². The van der Waals surface area contributed by atoms with Crippen LogP contribution in [-0.2, 0) is 25.9 Å². The smallest absolute Gasteiger partial charge is 0.268 e. The van der Waals surface area contributed by atoms with Gasteiger partial charge in [-0.05, 0) is 30.2 Å². The lowest BCUT2D eigenvalue weighted by Crippen LogP contribution is -2.50. The molecule has 2 heterocycles. The number of benzene rings is 2. The number of hydrogen-bond donors (Lipinski definition) is 3. The molecule has 9 heteroatoms. The summed E-state index contributed by atoms with van der Waals surface area (Å²) in [6.45, 7) is -0.152. The van der Waals surface area contributed by atoms with Crippen LogP contribution in [0.3, 0.4) is 0 Å². The first-order chi connectivity index (χ1) is 14.9. The molecule has 2 aromatic carbocycles. The third kappa shape index (κ3) is 4.38. The van der Waals surface area contributed by atoms with Crippen molar-refractivity contribution < 1.29 is 33.2 Å². The Morgan fingerprint density at radius 2 is 1.77 bits per heavy atom. The highest BCUT2D eigenvalue weighted by molar-refractivity contribution is 7.90. The first-order valence-corrected chi connectivity index (χ1v) is 11.5. The maximum absolute atomic E-state index is 13.2. The van der Waals surface area contributed by atoms with Crippen LogP contribution in [0.5, 0.6) is 0 Å². The van der Waals surface area contributed by atoms with Crippen molar-refractivity contribution in [1.29, 1.82) is 0 Å². The SMILES string of the molecule is O=S(=O)(c1ccccc1)n1cc(CCO[C@@H]2O[C@H](CO)C[C@H](O)[C@H]2O)c2ccccc21. The van der Waals surface area contributed by atoms with E-state index in [1.807, 2.05) is 12.1 Å². The van der Waals surface area contributed by atoms with Gasteiger partial charge >= 0.3 is 0 Å². The summed E-state index contributed by atoms with van der Waals surface area (Å²) in [6.07, 6.45) is -1.87. The topological polar surface area (TPSA) is 118 Å². The molecule has 0 amide bonds. The zero-order chi connectivity index (χ0) is 22.0. The lowest BCUT2D eigenvalue weighted by Gasteiger charge is -2.36. The molecule has 0 radical (unpaired) electrons. The van der Waals surface area contributed by atoms with E-state index in [1.165, 1.54) is 3.97 Å². The average molecular weight is 448 g/mol. The van der Waals surface area contributed by atoms with Gasteiger partial charge in [0.1, 0.15) is 6.10 Å². The molecule has 1 aliphatic heterocycles. The normalized spacial score (nSPS) is 24.5. The summed E-state index contributed by atoms with van der Waals surface area (Å²) in [4.78, 5) is 0.196. The molecule has 0 unspecified atom stereocenters.